The summed E-state index contributed by atoms with van der Waals surface area (Å²) in [5.41, 5.74) is 0. The quantitative estimate of drug-likeness (QED) is 0.765. The van der Waals surface area contributed by atoms with Crippen LogP contribution in [0.1, 0.15) is 25.7 Å². The predicted octanol–water partition coefficient (Wildman–Crippen LogP) is 0.767. The molecule has 2 unspecified atom stereocenters. The molecule has 0 aliphatic carbocycles. The smallest absolute Gasteiger partial charge is 0.221 e. The fourth-order valence-electron chi connectivity index (χ4n) is 2.29. The van der Waals surface area contributed by atoms with Crippen molar-refractivity contribution < 1.29 is 9.53 Å². The van der Waals surface area contributed by atoms with Gasteiger partial charge in [0.2, 0.25) is 5.91 Å². The Morgan fingerprint density at radius 1 is 1.53 bits per heavy atom. The maximum absolute atomic E-state index is 11.7. The Morgan fingerprint density at radius 2 is 2.47 bits per heavy atom. The summed E-state index contributed by atoms with van der Waals surface area (Å²) in [5.74, 6) is 2.39. The van der Waals surface area contributed by atoms with Crippen LogP contribution in [-0.4, -0.2) is 49.3 Å². The zero-order valence-corrected chi connectivity index (χ0v) is 11.1. The minimum atomic E-state index is 0.169. The van der Waals surface area contributed by atoms with Gasteiger partial charge in [-0.2, -0.15) is 11.8 Å². The lowest BCUT2D eigenvalue weighted by atomic mass is 10.2. The first-order chi connectivity index (χ1) is 8.34. The summed E-state index contributed by atoms with van der Waals surface area (Å²) in [6.07, 6.45) is 4.26. The molecule has 17 heavy (non-hydrogen) atoms. The fraction of sp³-hybridized carbons (Fsp3) is 0.917. The molecule has 2 N–H and O–H groups in total. The molecule has 0 radical (unpaired) electrons. The average Bonchev–Trinajstić information content (AvgIpc) is 2.83. The van der Waals surface area contributed by atoms with Gasteiger partial charge >= 0.3 is 0 Å². The van der Waals surface area contributed by atoms with E-state index in [1.165, 1.54) is 6.42 Å². The van der Waals surface area contributed by atoms with Gasteiger partial charge in [0.25, 0.3) is 0 Å². The van der Waals surface area contributed by atoms with Crippen LogP contribution in [0.15, 0.2) is 0 Å². The summed E-state index contributed by atoms with van der Waals surface area (Å²) < 4.78 is 5.52. The van der Waals surface area contributed by atoms with Crippen LogP contribution in [-0.2, 0) is 9.53 Å². The number of nitrogens with one attached hydrogen (secondary N) is 2. The molecule has 5 heteroatoms. The lowest BCUT2D eigenvalue weighted by Gasteiger charge is -2.22. The van der Waals surface area contributed by atoms with E-state index in [2.05, 4.69) is 10.6 Å². The van der Waals surface area contributed by atoms with Crippen LogP contribution in [0.3, 0.4) is 0 Å². The van der Waals surface area contributed by atoms with E-state index in [1.807, 2.05) is 11.8 Å². The van der Waals surface area contributed by atoms with Crippen molar-refractivity contribution in [1.82, 2.24) is 10.6 Å². The third-order valence-electron chi connectivity index (χ3n) is 3.24. The van der Waals surface area contributed by atoms with Crippen LogP contribution in [0, 0.1) is 0 Å². The van der Waals surface area contributed by atoms with Crippen molar-refractivity contribution in [3.05, 3.63) is 0 Å². The lowest BCUT2D eigenvalue weighted by Crippen LogP contribution is -2.41. The molecule has 2 atom stereocenters. The molecule has 4 nitrogen and oxygen atoms in total. The molecule has 0 aromatic carbocycles. The molecule has 0 aromatic heterocycles. The molecule has 0 aromatic rings. The molecule has 98 valence electrons. The summed E-state index contributed by atoms with van der Waals surface area (Å²) in [5, 5.41) is 6.36. The second-order valence-corrected chi connectivity index (χ2v) is 5.85. The van der Waals surface area contributed by atoms with E-state index in [-0.39, 0.29) is 5.91 Å². The van der Waals surface area contributed by atoms with Crippen LogP contribution in [0.4, 0.5) is 0 Å². The minimum Gasteiger partial charge on any atom is -0.378 e. The van der Waals surface area contributed by atoms with Gasteiger partial charge in [0.15, 0.2) is 0 Å². The molecular weight excluding hydrogens is 236 g/mol. The van der Waals surface area contributed by atoms with E-state index in [9.17, 15) is 4.79 Å². The van der Waals surface area contributed by atoms with Gasteiger partial charge in [-0.1, -0.05) is 0 Å². The van der Waals surface area contributed by atoms with Crippen LogP contribution >= 0.6 is 11.8 Å². The zero-order chi connectivity index (χ0) is 11.9. The standard InChI is InChI=1S/C12H22N2O2S/c15-12(8-10-9-17-7-5-13-10)14-4-3-11-2-1-6-16-11/h10-11,13H,1-9H2,(H,14,15). The Balaban J connectivity index is 1.53. The number of hydrogen-bond donors (Lipinski definition) is 2. The van der Waals surface area contributed by atoms with Crippen LogP contribution in [0.5, 0.6) is 0 Å². The molecule has 1 amide bonds. The van der Waals surface area contributed by atoms with Crippen LogP contribution in [0.25, 0.3) is 0 Å². The number of carbonyl (C=O) groups is 1. The van der Waals surface area contributed by atoms with E-state index in [0.717, 1.165) is 44.0 Å². The Labute approximate surface area is 107 Å². The maximum Gasteiger partial charge on any atom is 0.221 e. The highest BCUT2D eigenvalue weighted by atomic mass is 32.2. The topological polar surface area (TPSA) is 50.4 Å². The lowest BCUT2D eigenvalue weighted by molar-refractivity contribution is -0.121. The molecule has 2 rings (SSSR count). The van der Waals surface area contributed by atoms with Gasteiger partial charge in [0, 0.05) is 43.7 Å². The Morgan fingerprint density at radius 3 is 3.18 bits per heavy atom. The molecular formula is C12H22N2O2S. The fourth-order valence-corrected chi connectivity index (χ4v) is 3.24. The Hall–Kier alpha value is -0.260. The van der Waals surface area contributed by atoms with E-state index < -0.39 is 0 Å². The normalized spacial score (nSPS) is 29.2. The first-order valence-corrected chi connectivity index (χ1v) is 7.69. The molecule has 2 saturated heterocycles. The van der Waals surface area contributed by atoms with Gasteiger partial charge in [-0.25, -0.2) is 0 Å². The van der Waals surface area contributed by atoms with Gasteiger partial charge < -0.3 is 15.4 Å². The molecule has 2 fully saturated rings. The molecule has 2 heterocycles. The van der Waals surface area contributed by atoms with Gasteiger partial charge in [-0.3, -0.25) is 4.79 Å². The molecule has 2 aliphatic heterocycles. The van der Waals surface area contributed by atoms with E-state index in [1.54, 1.807) is 0 Å². The van der Waals surface area contributed by atoms with Gasteiger partial charge in [-0.05, 0) is 19.3 Å². The Kier molecular flexibility index (Phi) is 5.61. The van der Waals surface area contributed by atoms with E-state index >= 15 is 0 Å². The maximum atomic E-state index is 11.7. The van der Waals surface area contributed by atoms with Crippen LogP contribution in [0.2, 0.25) is 0 Å². The SMILES string of the molecule is O=C(CC1CSCCN1)NCCC1CCCO1. The van der Waals surface area contributed by atoms with Gasteiger partial charge in [-0.15, -0.1) is 0 Å². The number of rotatable bonds is 5. The van der Waals surface area contributed by atoms with Gasteiger partial charge in [0.1, 0.15) is 0 Å². The average molecular weight is 258 g/mol. The Bertz CT molecular complexity index is 239. The summed E-state index contributed by atoms with van der Waals surface area (Å²) >= 11 is 1.93. The molecule has 0 bridgehead atoms. The second-order valence-electron chi connectivity index (χ2n) is 4.70. The minimum absolute atomic E-state index is 0.169. The number of thioether (sulfide) groups is 1. The first-order valence-electron chi connectivity index (χ1n) is 6.54. The zero-order valence-electron chi connectivity index (χ0n) is 10.2. The summed E-state index contributed by atoms with van der Waals surface area (Å²) in [6.45, 7) is 2.67. The van der Waals surface area contributed by atoms with Crippen molar-refractivity contribution >= 4 is 17.7 Å². The second kappa shape index (κ2) is 7.24. The summed E-state index contributed by atoms with van der Waals surface area (Å²) in [4.78, 5) is 11.7. The molecule has 2 aliphatic rings. The van der Waals surface area contributed by atoms with Crippen molar-refractivity contribution in [2.75, 3.05) is 31.2 Å². The van der Waals surface area contributed by atoms with Crippen molar-refractivity contribution in [3.63, 3.8) is 0 Å². The number of hydrogen-bond acceptors (Lipinski definition) is 4. The summed E-state index contributed by atoms with van der Waals surface area (Å²) in [6, 6.07) is 0.358. The monoisotopic (exact) mass is 258 g/mol. The summed E-state index contributed by atoms with van der Waals surface area (Å²) in [7, 11) is 0. The van der Waals surface area contributed by atoms with Gasteiger partial charge in [0.05, 0.1) is 6.10 Å². The van der Waals surface area contributed by atoms with Crippen molar-refractivity contribution in [2.45, 2.75) is 37.8 Å². The highest BCUT2D eigenvalue weighted by Gasteiger charge is 2.18. The molecule has 0 saturated carbocycles. The number of ether oxygens (including phenoxy) is 1. The first kappa shape index (κ1) is 13.2. The van der Waals surface area contributed by atoms with E-state index in [0.29, 0.717) is 18.6 Å². The molecule has 0 spiro atoms. The van der Waals surface area contributed by atoms with Crippen LogP contribution < -0.4 is 10.6 Å². The van der Waals surface area contributed by atoms with E-state index in [4.69, 9.17) is 4.74 Å². The predicted molar refractivity (Wildman–Crippen MR) is 70.3 cm³/mol. The third-order valence-corrected chi connectivity index (χ3v) is 4.37. The van der Waals surface area contributed by atoms with Crippen molar-refractivity contribution in [3.8, 4) is 0 Å². The number of carbonyl (C=O) groups excluding carboxylic acids is 1. The highest BCUT2D eigenvalue weighted by molar-refractivity contribution is 7.99. The third kappa shape index (κ3) is 4.85. The highest BCUT2D eigenvalue weighted by Crippen LogP contribution is 2.14. The largest absolute Gasteiger partial charge is 0.378 e. The van der Waals surface area contributed by atoms with Crippen molar-refractivity contribution in [1.29, 1.82) is 0 Å². The van der Waals surface area contributed by atoms with Crippen molar-refractivity contribution in [2.24, 2.45) is 0 Å². The number of amides is 1.